The van der Waals surface area contributed by atoms with Gasteiger partial charge in [-0.05, 0) is 39.0 Å². The summed E-state index contributed by atoms with van der Waals surface area (Å²) in [6.45, 7) is 9.42. The summed E-state index contributed by atoms with van der Waals surface area (Å²) >= 11 is 6.30. The van der Waals surface area contributed by atoms with Crippen LogP contribution in [-0.2, 0) is 0 Å². The average molecular weight is 311 g/mol. The molecule has 5 heteroatoms. The maximum Gasteiger partial charge on any atom is 0.159 e. The normalized spacial score (nSPS) is 17.1. The molecule has 1 aromatic rings. The van der Waals surface area contributed by atoms with Crippen molar-refractivity contribution in [3.05, 3.63) is 28.8 Å². The van der Waals surface area contributed by atoms with E-state index in [1.807, 2.05) is 26.0 Å². The molecule has 1 aliphatic rings. The number of benzene rings is 1. The van der Waals surface area contributed by atoms with Crippen LogP contribution >= 0.6 is 11.6 Å². The average Bonchev–Trinajstić information content (AvgIpc) is 2.38. The van der Waals surface area contributed by atoms with Gasteiger partial charge in [-0.1, -0.05) is 11.6 Å². The van der Waals surface area contributed by atoms with Crippen LogP contribution in [0.25, 0.3) is 0 Å². The van der Waals surface area contributed by atoms with Crippen molar-refractivity contribution in [3.8, 4) is 0 Å². The minimum Gasteiger partial charge on any atom is -0.389 e. The number of halogens is 1. The van der Waals surface area contributed by atoms with Gasteiger partial charge in [0.15, 0.2) is 5.78 Å². The lowest BCUT2D eigenvalue weighted by Gasteiger charge is -2.38. The number of ketones is 1. The smallest absolute Gasteiger partial charge is 0.159 e. The Morgan fingerprint density at radius 1 is 1.29 bits per heavy atom. The monoisotopic (exact) mass is 310 g/mol. The van der Waals surface area contributed by atoms with Gasteiger partial charge in [0.25, 0.3) is 0 Å². The van der Waals surface area contributed by atoms with Crippen LogP contribution in [0.2, 0.25) is 5.02 Å². The summed E-state index contributed by atoms with van der Waals surface area (Å²) in [5.41, 5.74) is 0.956. The summed E-state index contributed by atoms with van der Waals surface area (Å²) in [4.78, 5) is 15.8. The van der Waals surface area contributed by atoms with E-state index >= 15 is 0 Å². The molecule has 0 amide bonds. The number of aliphatic hydroxyl groups is 1. The second kappa shape index (κ2) is 6.34. The molecule has 1 aromatic carbocycles. The number of β-amino-alcohol motifs (C(OH)–C–C–N with tert-alkyl or cyclic N) is 1. The highest BCUT2D eigenvalue weighted by Gasteiger charge is 2.23. The summed E-state index contributed by atoms with van der Waals surface area (Å²) in [5.74, 6) is 0.0263. The molecule has 2 rings (SSSR count). The molecule has 0 atom stereocenters. The second-order valence-corrected chi connectivity index (χ2v) is 6.71. The van der Waals surface area contributed by atoms with E-state index < -0.39 is 5.60 Å². The predicted octanol–water partition coefficient (Wildman–Crippen LogP) is 2.44. The lowest BCUT2D eigenvalue weighted by Crippen LogP contribution is -2.50. The van der Waals surface area contributed by atoms with Gasteiger partial charge in [-0.15, -0.1) is 0 Å². The zero-order valence-corrected chi connectivity index (χ0v) is 13.7. The maximum absolute atomic E-state index is 11.4. The SMILES string of the molecule is CC(=O)c1ccc(N2CCN(CC(C)(C)O)CC2)c(Cl)c1. The van der Waals surface area contributed by atoms with Gasteiger partial charge in [-0.3, -0.25) is 9.69 Å². The first-order valence-corrected chi connectivity index (χ1v) is 7.64. The number of hydrogen-bond acceptors (Lipinski definition) is 4. The van der Waals surface area contributed by atoms with Gasteiger partial charge >= 0.3 is 0 Å². The predicted molar refractivity (Wildman–Crippen MR) is 86.4 cm³/mol. The van der Waals surface area contributed by atoms with E-state index in [1.165, 1.54) is 0 Å². The summed E-state index contributed by atoms with van der Waals surface area (Å²) in [5, 5.41) is 10.5. The molecule has 0 aliphatic carbocycles. The molecule has 0 bridgehead atoms. The summed E-state index contributed by atoms with van der Waals surface area (Å²) < 4.78 is 0. The highest BCUT2D eigenvalue weighted by Crippen LogP contribution is 2.28. The fraction of sp³-hybridized carbons (Fsp3) is 0.562. The van der Waals surface area contributed by atoms with Crippen LogP contribution in [0, 0.1) is 0 Å². The molecule has 1 aliphatic heterocycles. The van der Waals surface area contributed by atoms with E-state index in [1.54, 1.807) is 13.0 Å². The number of carbonyl (C=O) groups is 1. The zero-order chi connectivity index (χ0) is 15.6. The largest absolute Gasteiger partial charge is 0.389 e. The second-order valence-electron chi connectivity index (χ2n) is 6.30. The molecular weight excluding hydrogens is 288 g/mol. The Labute approximate surface area is 131 Å². The number of hydrogen-bond donors (Lipinski definition) is 1. The van der Waals surface area contributed by atoms with Gasteiger partial charge in [0.1, 0.15) is 0 Å². The van der Waals surface area contributed by atoms with E-state index in [2.05, 4.69) is 9.80 Å². The first kappa shape index (κ1) is 16.3. The third-order valence-electron chi connectivity index (χ3n) is 3.68. The molecule has 1 N–H and O–H groups in total. The van der Waals surface area contributed by atoms with Crippen molar-refractivity contribution < 1.29 is 9.90 Å². The van der Waals surface area contributed by atoms with Crippen LogP contribution in [0.3, 0.4) is 0 Å². The summed E-state index contributed by atoms with van der Waals surface area (Å²) in [6.07, 6.45) is 0. The van der Waals surface area contributed by atoms with Gasteiger partial charge < -0.3 is 10.0 Å². The molecule has 0 unspecified atom stereocenters. The van der Waals surface area contributed by atoms with E-state index in [-0.39, 0.29) is 5.78 Å². The highest BCUT2D eigenvalue weighted by atomic mass is 35.5. The number of Topliss-reactive ketones (excluding diaryl/α,β-unsaturated/α-hetero) is 1. The van der Waals surface area contributed by atoms with Crippen LogP contribution in [0.4, 0.5) is 5.69 Å². The Morgan fingerprint density at radius 3 is 2.38 bits per heavy atom. The van der Waals surface area contributed by atoms with E-state index in [0.29, 0.717) is 17.1 Å². The number of piperazine rings is 1. The highest BCUT2D eigenvalue weighted by molar-refractivity contribution is 6.33. The molecule has 1 heterocycles. The molecule has 21 heavy (non-hydrogen) atoms. The Bertz CT molecular complexity index is 517. The molecule has 0 aromatic heterocycles. The standard InChI is InChI=1S/C16H23ClN2O2/c1-12(20)13-4-5-15(14(17)10-13)19-8-6-18(7-9-19)11-16(2,3)21/h4-5,10,21H,6-9,11H2,1-3H3. The minimum atomic E-state index is -0.664. The third-order valence-corrected chi connectivity index (χ3v) is 3.98. The van der Waals surface area contributed by atoms with E-state index in [9.17, 15) is 9.90 Å². The maximum atomic E-state index is 11.4. The number of nitrogens with zero attached hydrogens (tertiary/aromatic N) is 2. The molecule has 1 fully saturated rings. The summed E-state index contributed by atoms with van der Waals surface area (Å²) in [7, 11) is 0. The van der Waals surface area contributed by atoms with Crippen molar-refractivity contribution in [2.45, 2.75) is 26.4 Å². The van der Waals surface area contributed by atoms with Gasteiger partial charge in [-0.25, -0.2) is 0 Å². The first-order chi connectivity index (χ1) is 9.76. The third kappa shape index (κ3) is 4.43. The van der Waals surface area contributed by atoms with Crippen LogP contribution in [0.1, 0.15) is 31.1 Å². The van der Waals surface area contributed by atoms with E-state index in [0.717, 1.165) is 31.9 Å². The van der Waals surface area contributed by atoms with Crippen molar-refractivity contribution in [2.24, 2.45) is 0 Å². The zero-order valence-electron chi connectivity index (χ0n) is 12.9. The number of carbonyl (C=O) groups excluding carboxylic acids is 1. The van der Waals surface area contributed by atoms with Crippen molar-refractivity contribution in [1.29, 1.82) is 0 Å². The molecular formula is C16H23ClN2O2. The van der Waals surface area contributed by atoms with E-state index in [4.69, 9.17) is 11.6 Å². The van der Waals surface area contributed by atoms with Crippen molar-refractivity contribution in [1.82, 2.24) is 4.90 Å². The summed E-state index contributed by atoms with van der Waals surface area (Å²) in [6, 6.07) is 5.49. The van der Waals surface area contributed by atoms with Crippen molar-refractivity contribution >= 4 is 23.1 Å². The van der Waals surface area contributed by atoms with Crippen molar-refractivity contribution in [3.63, 3.8) is 0 Å². The Kier molecular flexibility index (Phi) is 4.91. The van der Waals surface area contributed by atoms with Gasteiger partial charge in [0, 0.05) is 38.3 Å². The van der Waals surface area contributed by atoms with Crippen LogP contribution in [0.5, 0.6) is 0 Å². The fourth-order valence-corrected chi connectivity index (χ4v) is 2.98. The molecule has 1 saturated heterocycles. The van der Waals surface area contributed by atoms with Gasteiger partial charge in [0.05, 0.1) is 16.3 Å². The molecule has 4 nitrogen and oxygen atoms in total. The minimum absolute atomic E-state index is 0.0263. The van der Waals surface area contributed by atoms with Crippen LogP contribution < -0.4 is 4.90 Å². The molecule has 0 spiro atoms. The Morgan fingerprint density at radius 2 is 1.90 bits per heavy atom. The quantitative estimate of drug-likeness (QED) is 0.868. The number of anilines is 1. The molecule has 0 radical (unpaired) electrons. The van der Waals surface area contributed by atoms with Gasteiger partial charge in [0.2, 0.25) is 0 Å². The van der Waals surface area contributed by atoms with Gasteiger partial charge in [-0.2, -0.15) is 0 Å². The molecule has 0 saturated carbocycles. The lowest BCUT2D eigenvalue weighted by atomic mass is 10.1. The number of rotatable bonds is 4. The molecule has 116 valence electrons. The topological polar surface area (TPSA) is 43.8 Å². The first-order valence-electron chi connectivity index (χ1n) is 7.26. The van der Waals surface area contributed by atoms with Crippen LogP contribution in [0.15, 0.2) is 18.2 Å². The lowest BCUT2D eigenvalue weighted by molar-refractivity contribution is 0.0345. The fourth-order valence-electron chi connectivity index (χ4n) is 2.68. The van der Waals surface area contributed by atoms with Crippen LogP contribution in [-0.4, -0.2) is 54.1 Å². The Hall–Kier alpha value is -1.10. The van der Waals surface area contributed by atoms with Crippen molar-refractivity contribution in [2.75, 3.05) is 37.6 Å². The Balaban J connectivity index is 2.01.